The Hall–Kier alpha value is -2.37. The molecule has 2 heterocycles. The van der Waals surface area contributed by atoms with Gasteiger partial charge in [0.05, 0.1) is 5.52 Å². The Kier molecular flexibility index (Phi) is 1.57. The van der Waals surface area contributed by atoms with Gasteiger partial charge < -0.3 is 9.47 Å². The van der Waals surface area contributed by atoms with Gasteiger partial charge in [0.2, 0.25) is 0 Å². The summed E-state index contributed by atoms with van der Waals surface area (Å²) in [5, 5.41) is 0. The number of aryl methyl sites for hydroxylation is 1. The molecule has 1 aromatic carbocycles. The Balaban J connectivity index is 2.39. The van der Waals surface area contributed by atoms with Crippen molar-refractivity contribution in [3.8, 4) is 11.8 Å². The van der Waals surface area contributed by atoms with Crippen molar-refractivity contribution in [2.75, 3.05) is 0 Å². The topological polar surface area (TPSA) is 70.4 Å². The molecule has 80 valence electrons. The lowest BCUT2D eigenvalue weighted by atomic mass is 10.3. The second-order valence-electron chi connectivity index (χ2n) is 3.36. The largest absolute Gasteiger partial charge is 0.425 e. The van der Waals surface area contributed by atoms with Gasteiger partial charge in [-0.3, -0.25) is 4.57 Å². The molecule has 0 atom stereocenters. The Morgan fingerprint density at radius 3 is 2.75 bits per heavy atom. The number of ether oxygens (including phenoxy) is 2. The maximum atomic E-state index is 11.2. The lowest BCUT2D eigenvalue weighted by Gasteiger charge is -2.04. The second kappa shape index (κ2) is 2.82. The third kappa shape index (κ3) is 1.04. The number of carbonyl (C=O) groups excluding carboxylic acids is 2. The van der Waals surface area contributed by atoms with Gasteiger partial charge in [-0.15, -0.1) is 0 Å². The second-order valence-corrected chi connectivity index (χ2v) is 3.36. The molecule has 6 heteroatoms. The standard InChI is InChI=1S/C10H6N2O4/c1-12-5-3-2-4-6-7(5)11-10(12)16-9(14)8(13)15-6/h2-4H,1H3. The minimum atomic E-state index is -1.07. The minimum Gasteiger partial charge on any atom is -0.416 e. The van der Waals surface area contributed by atoms with Crippen LogP contribution in [0.5, 0.6) is 11.8 Å². The van der Waals surface area contributed by atoms with Crippen molar-refractivity contribution in [2.24, 2.45) is 7.05 Å². The average molecular weight is 218 g/mol. The van der Waals surface area contributed by atoms with Crippen LogP contribution in [0.3, 0.4) is 0 Å². The van der Waals surface area contributed by atoms with Crippen molar-refractivity contribution in [1.82, 2.24) is 9.55 Å². The van der Waals surface area contributed by atoms with Crippen LogP contribution in [0.1, 0.15) is 0 Å². The molecule has 0 saturated carbocycles. The number of benzene rings is 1. The predicted octanol–water partition coefficient (Wildman–Crippen LogP) is 0.398. The third-order valence-corrected chi connectivity index (χ3v) is 2.39. The van der Waals surface area contributed by atoms with Crippen LogP contribution in [0.25, 0.3) is 11.0 Å². The Labute approximate surface area is 89.4 Å². The van der Waals surface area contributed by atoms with Gasteiger partial charge in [0.1, 0.15) is 5.52 Å². The maximum Gasteiger partial charge on any atom is 0.425 e. The van der Waals surface area contributed by atoms with E-state index in [1.165, 1.54) is 0 Å². The summed E-state index contributed by atoms with van der Waals surface area (Å²) >= 11 is 0. The molecule has 1 aromatic heterocycles. The van der Waals surface area contributed by atoms with Gasteiger partial charge in [-0.1, -0.05) is 6.07 Å². The van der Waals surface area contributed by atoms with Crippen LogP contribution in [-0.2, 0) is 16.6 Å². The average Bonchev–Trinajstić information content (AvgIpc) is 2.57. The van der Waals surface area contributed by atoms with E-state index in [-0.39, 0.29) is 11.8 Å². The molecule has 0 N–H and O–H groups in total. The summed E-state index contributed by atoms with van der Waals surface area (Å²) in [6, 6.07) is 5.17. The fourth-order valence-corrected chi connectivity index (χ4v) is 1.61. The summed E-state index contributed by atoms with van der Waals surface area (Å²) in [7, 11) is 1.69. The highest BCUT2D eigenvalue weighted by Gasteiger charge is 2.27. The van der Waals surface area contributed by atoms with E-state index in [1.807, 2.05) is 0 Å². The molecule has 0 fully saturated rings. The van der Waals surface area contributed by atoms with Crippen molar-refractivity contribution < 1.29 is 19.1 Å². The fraction of sp³-hybridized carbons (Fsp3) is 0.100. The van der Waals surface area contributed by atoms with Crippen molar-refractivity contribution in [1.29, 1.82) is 0 Å². The monoisotopic (exact) mass is 218 g/mol. The van der Waals surface area contributed by atoms with E-state index >= 15 is 0 Å². The number of aromatic nitrogens is 2. The molecule has 3 rings (SSSR count). The zero-order chi connectivity index (χ0) is 11.3. The van der Waals surface area contributed by atoms with E-state index in [0.717, 1.165) is 5.52 Å². The first-order valence-corrected chi connectivity index (χ1v) is 4.56. The summed E-state index contributed by atoms with van der Waals surface area (Å²) in [5.41, 5.74) is 1.23. The third-order valence-electron chi connectivity index (χ3n) is 2.39. The highest BCUT2D eigenvalue weighted by atomic mass is 16.6. The van der Waals surface area contributed by atoms with Crippen molar-refractivity contribution in [3.63, 3.8) is 0 Å². The molecule has 2 aromatic rings. The first kappa shape index (κ1) is 8.90. The van der Waals surface area contributed by atoms with Gasteiger partial charge in [-0.05, 0) is 12.1 Å². The normalized spacial score (nSPS) is 14.6. The number of hydrogen-bond acceptors (Lipinski definition) is 5. The van der Waals surface area contributed by atoms with Crippen LogP contribution in [0.4, 0.5) is 0 Å². The van der Waals surface area contributed by atoms with Crippen molar-refractivity contribution in [3.05, 3.63) is 18.2 Å². The molecule has 0 unspecified atom stereocenters. The van der Waals surface area contributed by atoms with Crippen LogP contribution in [0.2, 0.25) is 0 Å². The Morgan fingerprint density at radius 2 is 1.94 bits per heavy atom. The summed E-state index contributed by atoms with van der Waals surface area (Å²) in [6.45, 7) is 0. The number of para-hydroxylation sites is 1. The van der Waals surface area contributed by atoms with Gasteiger partial charge in [0, 0.05) is 7.05 Å². The number of carbonyl (C=O) groups is 2. The number of rotatable bonds is 0. The van der Waals surface area contributed by atoms with Gasteiger partial charge >= 0.3 is 17.9 Å². The van der Waals surface area contributed by atoms with Gasteiger partial charge in [0.15, 0.2) is 5.75 Å². The minimum absolute atomic E-state index is 0.0871. The van der Waals surface area contributed by atoms with E-state index < -0.39 is 11.9 Å². The smallest absolute Gasteiger partial charge is 0.416 e. The molecule has 2 bridgehead atoms. The highest BCUT2D eigenvalue weighted by molar-refractivity contribution is 6.31. The van der Waals surface area contributed by atoms with Gasteiger partial charge in [-0.25, -0.2) is 9.59 Å². The van der Waals surface area contributed by atoms with E-state index in [2.05, 4.69) is 4.98 Å². The van der Waals surface area contributed by atoms with Crippen molar-refractivity contribution >= 4 is 23.0 Å². The summed E-state index contributed by atoms with van der Waals surface area (Å²) in [5.74, 6) is -1.85. The zero-order valence-electron chi connectivity index (χ0n) is 8.26. The molecule has 16 heavy (non-hydrogen) atoms. The predicted molar refractivity (Wildman–Crippen MR) is 52.0 cm³/mol. The van der Waals surface area contributed by atoms with Crippen LogP contribution < -0.4 is 9.47 Å². The van der Waals surface area contributed by atoms with Gasteiger partial charge in [-0.2, -0.15) is 4.98 Å². The lowest BCUT2D eigenvalue weighted by Crippen LogP contribution is -2.26. The summed E-state index contributed by atoms with van der Waals surface area (Å²) in [4.78, 5) is 26.5. The first-order chi connectivity index (χ1) is 7.66. The number of nitrogens with zero attached hydrogens (tertiary/aromatic N) is 2. The molecule has 0 amide bonds. The SMILES string of the molecule is Cn1c2nc3c(cccc31)OC(=O)C(=O)O2. The number of fused-ring (bicyclic) bond motifs is 1. The highest BCUT2D eigenvalue weighted by Crippen LogP contribution is 2.29. The molecule has 0 saturated heterocycles. The lowest BCUT2D eigenvalue weighted by molar-refractivity contribution is -0.156. The van der Waals surface area contributed by atoms with Gasteiger partial charge in [0.25, 0.3) is 0 Å². The Morgan fingerprint density at radius 1 is 1.19 bits per heavy atom. The number of imidazole rings is 1. The fourth-order valence-electron chi connectivity index (χ4n) is 1.61. The summed E-state index contributed by atoms with van der Waals surface area (Å²) < 4.78 is 11.2. The zero-order valence-corrected chi connectivity index (χ0v) is 8.26. The molecular weight excluding hydrogens is 212 g/mol. The maximum absolute atomic E-state index is 11.2. The Bertz CT molecular complexity index is 629. The van der Waals surface area contributed by atoms with Crippen LogP contribution in [-0.4, -0.2) is 21.5 Å². The molecule has 0 aliphatic carbocycles. The van der Waals surface area contributed by atoms with E-state index in [1.54, 1.807) is 29.8 Å². The molecule has 1 aliphatic rings. The number of hydrogen-bond donors (Lipinski definition) is 0. The summed E-state index contributed by atoms with van der Waals surface area (Å²) in [6.07, 6.45) is 0. The van der Waals surface area contributed by atoms with Crippen LogP contribution in [0.15, 0.2) is 18.2 Å². The molecule has 0 spiro atoms. The quantitative estimate of drug-likeness (QED) is 0.363. The molecule has 1 aliphatic heterocycles. The van der Waals surface area contributed by atoms with Crippen LogP contribution in [0, 0.1) is 0 Å². The van der Waals surface area contributed by atoms with Crippen LogP contribution >= 0.6 is 0 Å². The number of esters is 2. The molecule has 6 nitrogen and oxygen atoms in total. The molecular formula is C10H6N2O4. The van der Waals surface area contributed by atoms with Crippen molar-refractivity contribution in [2.45, 2.75) is 0 Å². The molecule has 0 radical (unpaired) electrons. The first-order valence-electron chi connectivity index (χ1n) is 4.56. The van der Waals surface area contributed by atoms with E-state index in [4.69, 9.17) is 9.47 Å². The van der Waals surface area contributed by atoms with E-state index in [9.17, 15) is 9.59 Å². The van der Waals surface area contributed by atoms with E-state index in [0.29, 0.717) is 5.52 Å².